The smallest absolute Gasteiger partial charge is 0.126 e. The first-order valence-electron chi connectivity index (χ1n) is 10.1. The van der Waals surface area contributed by atoms with E-state index < -0.39 is 0 Å². The maximum atomic E-state index is 14.0. The number of imidazole rings is 1. The predicted molar refractivity (Wildman–Crippen MR) is 109 cm³/mol. The maximum absolute atomic E-state index is 14.0. The van der Waals surface area contributed by atoms with Gasteiger partial charge in [0.2, 0.25) is 0 Å². The van der Waals surface area contributed by atoms with Crippen LogP contribution in [0.2, 0.25) is 0 Å². The molecule has 3 aromatic rings. The van der Waals surface area contributed by atoms with Gasteiger partial charge in [-0.3, -0.25) is 9.88 Å². The Balaban J connectivity index is 1.45. The quantitative estimate of drug-likeness (QED) is 0.637. The Morgan fingerprint density at radius 1 is 1.14 bits per heavy atom. The Labute approximate surface area is 166 Å². The zero-order chi connectivity index (χ0) is 19.3. The molecule has 0 aliphatic carbocycles. The fourth-order valence-corrected chi connectivity index (χ4v) is 4.08. The summed E-state index contributed by atoms with van der Waals surface area (Å²) in [6.45, 7) is 6.07. The zero-order valence-corrected chi connectivity index (χ0v) is 16.4. The van der Waals surface area contributed by atoms with Gasteiger partial charge in [0, 0.05) is 49.2 Å². The second-order valence-corrected chi connectivity index (χ2v) is 7.53. The molecule has 1 aliphatic rings. The van der Waals surface area contributed by atoms with E-state index in [0.717, 1.165) is 56.2 Å². The van der Waals surface area contributed by atoms with Crippen molar-refractivity contribution in [2.45, 2.75) is 45.2 Å². The molecule has 2 aromatic heterocycles. The van der Waals surface area contributed by atoms with Gasteiger partial charge in [-0.1, -0.05) is 24.3 Å². The lowest BCUT2D eigenvalue weighted by Gasteiger charge is -2.32. The van der Waals surface area contributed by atoms with Gasteiger partial charge < -0.3 is 4.57 Å². The summed E-state index contributed by atoms with van der Waals surface area (Å²) in [4.78, 5) is 11.9. The lowest BCUT2D eigenvalue weighted by atomic mass is 9.94. The van der Waals surface area contributed by atoms with Crippen LogP contribution >= 0.6 is 0 Å². The largest absolute Gasteiger partial charge is 0.334 e. The summed E-state index contributed by atoms with van der Waals surface area (Å²) in [7, 11) is 0. The van der Waals surface area contributed by atoms with Crippen LogP contribution < -0.4 is 0 Å². The fourth-order valence-electron chi connectivity index (χ4n) is 4.08. The van der Waals surface area contributed by atoms with Crippen LogP contribution in [0, 0.1) is 5.82 Å². The molecule has 0 saturated carbocycles. The minimum atomic E-state index is -0.162. The second-order valence-electron chi connectivity index (χ2n) is 7.53. The number of halogens is 1. The summed E-state index contributed by atoms with van der Waals surface area (Å²) >= 11 is 0. The summed E-state index contributed by atoms with van der Waals surface area (Å²) in [6, 6.07) is 13.1. The molecule has 0 N–H and O–H groups in total. The van der Waals surface area contributed by atoms with Crippen LogP contribution in [0.25, 0.3) is 0 Å². The van der Waals surface area contributed by atoms with Crippen molar-refractivity contribution in [2.75, 3.05) is 13.1 Å². The number of piperidine rings is 1. The van der Waals surface area contributed by atoms with Crippen LogP contribution in [-0.2, 0) is 19.5 Å². The van der Waals surface area contributed by atoms with E-state index in [1.54, 1.807) is 6.07 Å². The van der Waals surface area contributed by atoms with E-state index in [4.69, 9.17) is 4.98 Å². The van der Waals surface area contributed by atoms with Gasteiger partial charge in [0.1, 0.15) is 11.6 Å². The number of rotatable bonds is 6. The van der Waals surface area contributed by atoms with Crippen molar-refractivity contribution in [1.29, 1.82) is 0 Å². The second kappa shape index (κ2) is 8.65. The fraction of sp³-hybridized carbons (Fsp3) is 0.391. The third kappa shape index (κ3) is 4.30. The van der Waals surface area contributed by atoms with E-state index in [1.807, 2.05) is 30.6 Å². The minimum Gasteiger partial charge on any atom is -0.334 e. The standard InChI is InChI=1S/C23H27FN4/c1-2-28-14-12-25-23(28)17-27-13-6-8-19(16-27)22-11-5-9-20(26-22)15-18-7-3-4-10-21(18)24/h3-5,7,9-12,14,19H,2,6,8,13,15-17H2,1H3/t19-/m0/s1. The van der Waals surface area contributed by atoms with Crippen LogP contribution in [0.4, 0.5) is 4.39 Å². The van der Waals surface area contributed by atoms with Gasteiger partial charge in [-0.15, -0.1) is 0 Å². The minimum absolute atomic E-state index is 0.162. The maximum Gasteiger partial charge on any atom is 0.126 e. The zero-order valence-electron chi connectivity index (χ0n) is 16.4. The van der Waals surface area contributed by atoms with E-state index in [2.05, 4.69) is 33.5 Å². The Morgan fingerprint density at radius 3 is 2.89 bits per heavy atom. The number of nitrogens with zero attached hydrogens (tertiary/aromatic N) is 4. The molecule has 0 radical (unpaired) electrons. The number of benzene rings is 1. The number of pyridine rings is 1. The molecule has 1 fully saturated rings. The Morgan fingerprint density at radius 2 is 2.04 bits per heavy atom. The molecule has 4 rings (SSSR count). The third-order valence-electron chi connectivity index (χ3n) is 5.59. The van der Waals surface area contributed by atoms with E-state index in [0.29, 0.717) is 17.9 Å². The van der Waals surface area contributed by atoms with Gasteiger partial charge in [-0.05, 0) is 50.1 Å². The molecule has 0 amide bonds. The van der Waals surface area contributed by atoms with E-state index >= 15 is 0 Å². The summed E-state index contributed by atoms with van der Waals surface area (Å²) in [5.41, 5.74) is 2.75. The van der Waals surface area contributed by atoms with Crippen molar-refractivity contribution in [3.8, 4) is 0 Å². The van der Waals surface area contributed by atoms with Crippen LogP contribution in [0.3, 0.4) is 0 Å². The van der Waals surface area contributed by atoms with Gasteiger partial charge in [0.05, 0.1) is 6.54 Å². The molecule has 146 valence electrons. The lowest BCUT2D eigenvalue weighted by Crippen LogP contribution is -2.35. The molecule has 0 spiro atoms. The number of likely N-dealkylation sites (tertiary alicyclic amines) is 1. The highest BCUT2D eigenvalue weighted by molar-refractivity contribution is 5.25. The van der Waals surface area contributed by atoms with Crippen molar-refractivity contribution >= 4 is 0 Å². The van der Waals surface area contributed by atoms with Crippen LogP contribution in [0.5, 0.6) is 0 Å². The molecule has 1 saturated heterocycles. The highest BCUT2D eigenvalue weighted by Gasteiger charge is 2.23. The van der Waals surface area contributed by atoms with Crippen LogP contribution in [0.15, 0.2) is 54.9 Å². The van der Waals surface area contributed by atoms with Gasteiger partial charge in [0.25, 0.3) is 0 Å². The molecule has 1 atom stereocenters. The summed E-state index contributed by atoms with van der Waals surface area (Å²) < 4.78 is 16.2. The summed E-state index contributed by atoms with van der Waals surface area (Å²) in [5, 5.41) is 0. The number of aryl methyl sites for hydroxylation is 1. The first-order chi connectivity index (χ1) is 13.7. The molecule has 0 unspecified atom stereocenters. The van der Waals surface area contributed by atoms with Crippen molar-refractivity contribution in [3.63, 3.8) is 0 Å². The Hall–Kier alpha value is -2.53. The topological polar surface area (TPSA) is 34.0 Å². The molecule has 3 heterocycles. The van der Waals surface area contributed by atoms with E-state index in [1.165, 1.54) is 6.07 Å². The van der Waals surface area contributed by atoms with Crippen molar-refractivity contribution < 1.29 is 4.39 Å². The third-order valence-corrected chi connectivity index (χ3v) is 5.59. The number of hydrogen-bond acceptors (Lipinski definition) is 3. The van der Waals surface area contributed by atoms with Gasteiger partial charge >= 0.3 is 0 Å². The molecule has 0 bridgehead atoms. The highest BCUT2D eigenvalue weighted by Crippen LogP contribution is 2.27. The molecular formula is C23H27FN4. The SMILES string of the molecule is CCn1ccnc1CN1CCC[C@H](c2cccc(Cc3ccccc3F)n2)C1. The molecular weight excluding hydrogens is 351 g/mol. The Bertz CT molecular complexity index is 920. The van der Waals surface area contributed by atoms with Gasteiger partial charge in [0.15, 0.2) is 0 Å². The molecule has 28 heavy (non-hydrogen) atoms. The van der Waals surface area contributed by atoms with Crippen molar-refractivity contribution in [3.05, 3.63) is 83.5 Å². The average Bonchev–Trinajstić information content (AvgIpc) is 3.17. The molecule has 1 aliphatic heterocycles. The molecule has 4 nitrogen and oxygen atoms in total. The van der Waals surface area contributed by atoms with Crippen molar-refractivity contribution in [1.82, 2.24) is 19.4 Å². The van der Waals surface area contributed by atoms with E-state index in [9.17, 15) is 4.39 Å². The first-order valence-corrected chi connectivity index (χ1v) is 10.1. The van der Waals surface area contributed by atoms with E-state index in [-0.39, 0.29) is 5.82 Å². The van der Waals surface area contributed by atoms with Crippen molar-refractivity contribution in [2.24, 2.45) is 0 Å². The number of hydrogen-bond donors (Lipinski definition) is 0. The lowest BCUT2D eigenvalue weighted by molar-refractivity contribution is 0.192. The molecule has 5 heteroatoms. The summed E-state index contributed by atoms with van der Waals surface area (Å²) in [6.07, 6.45) is 6.77. The predicted octanol–water partition coefficient (Wildman–Crippen LogP) is 4.41. The van der Waals surface area contributed by atoms with Crippen LogP contribution in [-0.4, -0.2) is 32.5 Å². The monoisotopic (exact) mass is 378 g/mol. The van der Waals surface area contributed by atoms with Gasteiger partial charge in [-0.2, -0.15) is 0 Å². The Kier molecular flexibility index (Phi) is 5.81. The first kappa shape index (κ1) is 18.8. The molecule has 1 aromatic carbocycles. The van der Waals surface area contributed by atoms with Crippen LogP contribution in [0.1, 0.15) is 48.5 Å². The van der Waals surface area contributed by atoms with Gasteiger partial charge in [-0.25, -0.2) is 9.37 Å². The normalized spacial score (nSPS) is 17.7. The highest BCUT2D eigenvalue weighted by atomic mass is 19.1. The summed E-state index contributed by atoms with van der Waals surface area (Å²) in [5.74, 6) is 1.38. The average molecular weight is 378 g/mol. The number of aromatic nitrogens is 3.